The van der Waals surface area contributed by atoms with Gasteiger partial charge < -0.3 is 24.3 Å². The molecule has 0 unspecified atom stereocenters. The Morgan fingerprint density at radius 3 is 2.35 bits per heavy atom. The number of carbonyl (C=O) groups excluding carboxylic acids is 1. The quantitative estimate of drug-likeness (QED) is 0.195. The van der Waals surface area contributed by atoms with Crippen molar-refractivity contribution in [3.05, 3.63) is 51.6 Å². The lowest BCUT2D eigenvalue weighted by Crippen LogP contribution is -2.18. The fourth-order valence-corrected chi connectivity index (χ4v) is 2.83. The Balaban J connectivity index is 1.94. The number of anilines is 1. The van der Waals surface area contributed by atoms with Gasteiger partial charge in [-0.1, -0.05) is 0 Å². The van der Waals surface area contributed by atoms with Gasteiger partial charge in [0.1, 0.15) is 42.0 Å². The number of rotatable bonds is 8. The highest BCUT2D eigenvalue weighted by atomic mass is 19.3. The third kappa shape index (κ3) is 5.82. The molecule has 1 aliphatic heterocycles. The van der Waals surface area contributed by atoms with E-state index in [4.69, 9.17) is 9.47 Å². The first-order chi connectivity index (χ1) is 16.2. The second kappa shape index (κ2) is 10.4. The van der Waals surface area contributed by atoms with Crippen LogP contribution in [0, 0.1) is 21.4 Å². The minimum Gasteiger partial charge on any atom is -0.486 e. The monoisotopic (exact) mass is 483 g/mol. The van der Waals surface area contributed by atoms with Gasteiger partial charge in [0.15, 0.2) is 11.5 Å². The average molecular weight is 483 g/mol. The topological polar surface area (TPSA) is 133 Å². The average Bonchev–Trinajstić information content (AvgIpc) is 2.77. The Morgan fingerprint density at radius 2 is 1.76 bits per heavy atom. The molecule has 0 aliphatic carbocycles. The summed E-state index contributed by atoms with van der Waals surface area (Å²) >= 11 is 0. The molecule has 3 rings (SSSR count). The van der Waals surface area contributed by atoms with Gasteiger partial charge in [-0.05, 0) is 18.2 Å². The zero-order valence-corrected chi connectivity index (χ0v) is 16.8. The van der Waals surface area contributed by atoms with Crippen LogP contribution in [0.15, 0.2) is 35.9 Å². The van der Waals surface area contributed by atoms with Crippen molar-refractivity contribution in [3.63, 3.8) is 0 Å². The highest BCUT2D eigenvalue weighted by molar-refractivity contribution is 6.10. The van der Waals surface area contributed by atoms with Crippen LogP contribution < -0.4 is 24.3 Å². The standard InChI is InChI=1S/C20H13F4N3O7/c21-19(22)33-12-2-1-10(15(6-12)34-20(23)24)5-11(9-25)18(28)26-13-7-16-17(32-4-3-31-16)8-14(13)27(29)30/h1-2,5-8,19-20H,3-4H2,(H,26,28)/b11-5+. The maximum absolute atomic E-state index is 12.8. The molecule has 0 fully saturated rings. The molecule has 178 valence electrons. The molecule has 1 heterocycles. The Morgan fingerprint density at radius 1 is 1.12 bits per heavy atom. The highest BCUT2D eigenvalue weighted by Crippen LogP contribution is 2.39. The predicted octanol–water partition coefficient (Wildman–Crippen LogP) is 4.11. The maximum Gasteiger partial charge on any atom is 0.387 e. The SMILES string of the molecule is N#C/C(=C\c1ccc(OC(F)F)cc1OC(F)F)C(=O)Nc1cc2c(cc1[N+](=O)[O-])OCCO2. The molecule has 34 heavy (non-hydrogen) atoms. The number of alkyl halides is 4. The smallest absolute Gasteiger partial charge is 0.387 e. The minimum atomic E-state index is -3.35. The molecule has 10 nitrogen and oxygen atoms in total. The maximum atomic E-state index is 12.8. The Labute approximate surface area is 188 Å². The van der Waals surface area contributed by atoms with Crippen molar-refractivity contribution >= 4 is 23.4 Å². The third-order valence-corrected chi connectivity index (χ3v) is 4.20. The van der Waals surface area contributed by atoms with Crippen molar-refractivity contribution in [2.45, 2.75) is 13.2 Å². The van der Waals surface area contributed by atoms with Crippen molar-refractivity contribution in [1.82, 2.24) is 0 Å². The van der Waals surface area contributed by atoms with E-state index in [0.29, 0.717) is 0 Å². The van der Waals surface area contributed by atoms with Gasteiger partial charge in [-0.25, -0.2) is 0 Å². The van der Waals surface area contributed by atoms with Gasteiger partial charge in [0.2, 0.25) is 0 Å². The number of carbonyl (C=O) groups is 1. The van der Waals surface area contributed by atoms with Gasteiger partial charge in [-0.2, -0.15) is 22.8 Å². The molecule has 0 radical (unpaired) electrons. The zero-order chi connectivity index (χ0) is 24.8. The van der Waals surface area contributed by atoms with Gasteiger partial charge in [0, 0.05) is 17.7 Å². The normalized spacial score (nSPS) is 12.8. The highest BCUT2D eigenvalue weighted by Gasteiger charge is 2.25. The van der Waals surface area contributed by atoms with Gasteiger partial charge in [0.25, 0.3) is 11.6 Å². The summed E-state index contributed by atoms with van der Waals surface area (Å²) in [6, 6.07) is 6.43. The van der Waals surface area contributed by atoms with Crippen LogP contribution in [0.4, 0.5) is 28.9 Å². The number of nitrogens with one attached hydrogen (secondary N) is 1. The van der Waals surface area contributed by atoms with E-state index in [0.717, 1.165) is 36.4 Å². The van der Waals surface area contributed by atoms with Crippen LogP contribution in [0.25, 0.3) is 6.08 Å². The predicted molar refractivity (Wildman–Crippen MR) is 106 cm³/mol. The lowest BCUT2D eigenvalue weighted by molar-refractivity contribution is -0.384. The molecule has 0 atom stereocenters. The summed E-state index contributed by atoms with van der Waals surface area (Å²) in [4.78, 5) is 23.2. The van der Waals surface area contributed by atoms with Crippen molar-refractivity contribution < 1.29 is 46.2 Å². The van der Waals surface area contributed by atoms with E-state index in [-0.39, 0.29) is 36.0 Å². The second-order valence-corrected chi connectivity index (χ2v) is 6.35. The molecule has 0 saturated heterocycles. The summed E-state index contributed by atoms with van der Waals surface area (Å²) in [5.74, 6) is -2.07. The lowest BCUT2D eigenvalue weighted by Gasteiger charge is -2.19. The van der Waals surface area contributed by atoms with Crippen molar-refractivity contribution in [2.24, 2.45) is 0 Å². The second-order valence-electron chi connectivity index (χ2n) is 6.35. The summed E-state index contributed by atoms with van der Waals surface area (Å²) in [6.45, 7) is -6.25. The largest absolute Gasteiger partial charge is 0.486 e. The van der Waals surface area contributed by atoms with Crippen LogP contribution >= 0.6 is 0 Å². The molecule has 2 aromatic carbocycles. The first-order valence-electron chi connectivity index (χ1n) is 9.22. The molecule has 1 N–H and O–H groups in total. The molecule has 0 saturated carbocycles. The van der Waals surface area contributed by atoms with Gasteiger partial charge >= 0.3 is 13.2 Å². The number of hydrogen-bond donors (Lipinski definition) is 1. The number of fused-ring (bicyclic) bond motifs is 1. The Bertz CT molecular complexity index is 1180. The fraction of sp³-hybridized carbons (Fsp3) is 0.200. The molecule has 1 aliphatic rings. The van der Waals surface area contributed by atoms with E-state index in [9.17, 15) is 37.7 Å². The van der Waals surface area contributed by atoms with Crippen LogP contribution in [-0.4, -0.2) is 37.3 Å². The number of nitro benzene ring substituents is 1. The van der Waals surface area contributed by atoms with Crippen LogP contribution in [0.1, 0.15) is 5.56 Å². The molecule has 0 spiro atoms. The van der Waals surface area contributed by atoms with E-state index in [1.165, 1.54) is 6.07 Å². The molecule has 0 aromatic heterocycles. The van der Waals surface area contributed by atoms with E-state index in [2.05, 4.69) is 14.8 Å². The van der Waals surface area contributed by atoms with Crippen LogP contribution in [0.2, 0.25) is 0 Å². The van der Waals surface area contributed by atoms with Crippen LogP contribution in [-0.2, 0) is 4.79 Å². The van der Waals surface area contributed by atoms with Gasteiger partial charge in [-0.15, -0.1) is 0 Å². The summed E-state index contributed by atoms with van der Waals surface area (Å²) in [5, 5.41) is 23.0. The summed E-state index contributed by atoms with van der Waals surface area (Å²) in [7, 11) is 0. The number of ether oxygens (including phenoxy) is 4. The molecule has 1 amide bonds. The van der Waals surface area contributed by atoms with E-state index < -0.39 is 46.8 Å². The van der Waals surface area contributed by atoms with Crippen molar-refractivity contribution in [1.29, 1.82) is 5.26 Å². The summed E-state index contributed by atoms with van der Waals surface area (Å²) in [6.07, 6.45) is 0.836. The van der Waals surface area contributed by atoms with Gasteiger partial charge in [0.05, 0.1) is 11.0 Å². The molecular formula is C20H13F4N3O7. The molecule has 0 bridgehead atoms. The number of hydrogen-bond acceptors (Lipinski definition) is 8. The Hall–Kier alpha value is -4.54. The molecule has 2 aromatic rings. The van der Waals surface area contributed by atoms with Crippen LogP contribution in [0.5, 0.6) is 23.0 Å². The van der Waals surface area contributed by atoms with Crippen LogP contribution in [0.3, 0.4) is 0 Å². The zero-order valence-electron chi connectivity index (χ0n) is 16.8. The fourth-order valence-electron chi connectivity index (χ4n) is 2.83. The number of halogens is 4. The van der Waals surface area contributed by atoms with E-state index >= 15 is 0 Å². The number of amides is 1. The minimum absolute atomic E-state index is 0.0897. The molecule has 14 heteroatoms. The van der Waals surface area contributed by atoms with Crippen molar-refractivity contribution in [3.8, 4) is 29.1 Å². The van der Waals surface area contributed by atoms with E-state index in [1.54, 1.807) is 0 Å². The van der Waals surface area contributed by atoms with E-state index in [1.807, 2.05) is 0 Å². The number of benzene rings is 2. The first kappa shape index (κ1) is 24.1. The summed E-state index contributed by atoms with van der Waals surface area (Å²) < 4.78 is 69.3. The van der Waals surface area contributed by atoms with Crippen molar-refractivity contribution in [2.75, 3.05) is 18.5 Å². The lowest BCUT2D eigenvalue weighted by atomic mass is 10.1. The number of nitrogens with zero attached hydrogens (tertiary/aromatic N) is 2. The number of nitriles is 1. The Kier molecular flexibility index (Phi) is 7.36. The third-order valence-electron chi connectivity index (χ3n) is 4.20. The first-order valence-corrected chi connectivity index (χ1v) is 9.22. The summed E-state index contributed by atoms with van der Waals surface area (Å²) in [5.41, 5.74) is -1.77. The molecular weight excluding hydrogens is 470 g/mol. The van der Waals surface area contributed by atoms with Gasteiger partial charge in [-0.3, -0.25) is 14.9 Å². The number of nitro groups is 1.